The lowest BCUT2D eigenvalue weighted by atomic mass is 9.45. The van der Waals surface area contributed by atoms with Gasteiger partial charge in [-0.3, -0.25) is 0 Å². The molecule has 0 unspecified atom stereocenters. The second-order valence-corrected chi connectivity index (χ2v) is 16.0. The normalized spacial score (nSPS) is 44.1. The van der Waals surface area contributed by atoms with Gasteiger partial charge < -0.3 is 14.6 Å². The largest absolute Gasteiger partial charge is 0.386 e. The molecule has 6 aliphatic carbocycles. The van der Waals surface area contributed by atoms with E-state index in [-0.39, 0.29) is 4.58 Å². The van der Waals surface area contributed by atoms with E-state index in [1.54, 1.807) is 0 Å². The molecule has 6 saturated carbocycles. The zero-order chi connectivity index (χ0) is 23.7. The Morgan fingerprint density at radius 3 is 1.76 bits per heavy atom. The summed E-state index contributed by atoms with van der Waals surface area (Å²) < 4.78 is 12.6. The van der Waals surface area contributed by atoms with Crippen LogP contribution in [0.4, 0.5) is 0 Å². The molecule has 1 aromatic rings. The van der Waals surface area contributed by atoms with Gasteiger partial charge in [0.2, 0.25) is 0 Å². The van der Waals surface area contributed by atoms with Crippen LogP contribution in [0.2, 0.25) is 0 Å². The van der Waals surface area contributed by atoms with Crippen LogP contribution >= 0.6 is 23.5 Å². The Bertz CT molecular complexity index is 825. The molecule has 0 aromatic heterocycles. The van der Waals surface area contributed by atoms with Gasteiger partial charge in [0.15, 0.2) is 0 Å². The Morgan fingerprint density at radius 1 is 0.794 bits per heavy atom. The molecule has 7 fully saturated rings. The molecule has 1 aromatic carbocycles. The summed E-state index contributed by atoms with van der Waals surface area (Å²) in [5.41, 5.74) is 1.90. The van der Waals surface area contributed by atoms with Crippen LogP contribution in [-0.4, -0.2) is 40.2 Å². The third-order valence-electron chi connectivity index (χ3n) is 10.9. The molecule has 1 saturated heterocycles. The molecule has 0 amide bonds. The first-order valence-corrected chi connectivity index (χ1v) is 15.3. The van der Waals surface area contributed by atoms with Crippen molar-refractivity contribution in [1.29, 1.82) is 0 Å². The van der Waals surface area contributed by atoms with Gasteiger partial charge in [0.25, 0.3) is 0 Å². The first-order valence-electron chi connectivity index (χ1n) is 13.5. The maximum Gasteiger partial charge on any atom is 0.146 e. The van der Waals surface area contributed by atoms with Crippen LogP contribution in [0.5, 0.6) is 0 Å². The van der Waals surface area contributed by atoms with Crippen LogP contribution in [0.15, 0.2) is 30.3 Å². The van der Waals surface area contributed by atoms with Crippen LogP contribution < -0.4 is 0 Å². The summed E-state index contributed by atoms with van der Waals surface area (Å²) in [6, 6.07) is 10.4. The molecule has 0 spiro atoms. The topological polar surface area (TPSA) is 38.7 Å². The number of hydrogen-bond acceptors (Lipinski definition) is 5. The van der Waals surface area contributed by atoms with E-state index in [1.165, 1.54) is 25.7 Å². The third kappa shape index (κ3) is 3.91. The second kappa shape index (κ2) is 8.97. The third-order valence-corrected chi connectivity index (χ3v) is 14.4. The average molecular weight is 503 g/mol. The van der Waals surface area contributed by atoms with Crippen molar-refractivity contribution in [3.8, 4) is 0 Å². The van der Waals surface area contributed by atoms with E-state index < -0.39 is 6.10 Å². The van der Waals surface area contributed by atoms with Gasteiger partial charge in [-0.05, 0) is 77.6 Å². The highest BCUT2D eigenvalue weighted by Gasteiger charge is 2.60. The lowest BCUT2D eigenvalue weighted by Crippen LogP contribution is -2.59. The summed E-state index contributed by atoms with van der Waals surface area (Å²) in [5.74, 6) is 4.17. The highest BCUT2D eigenvalue weighted by atomic mass is 32.2. The summed E-state index contributed by atoms with van der Waals surface area (Å²) in [4.78, 5) is 0. The van der Waals surface area contributed by atoms with Crippen molar-refractivity contribution >= 4 is 23.5 Å². The highest BCUT2D eigenvalue weighted by Crippen LogP contribution is 2.66. The van der Waals surface area contributed by atoms with Gasteiger partial charge >= 0.3 is 0 Å². The molecule has 9 atom stereocenters. The fraction of sp³-hybridized carbons (Fsp3) is 0.793. The van der Waals surface area contributed by atoms with Crippen LogP contribution in [0.25, 0.3) is 0 Å². The molecule has 8 rings (SSSR count). The van der Waals surface area contributed by atoms with Crippen molar-refractivity contribution in [2.45, 2.75) is 74.6 Å². The van der Waals surface area contributed by atoms with Gasteiger partial charge in [0, 0.05) is 10.5 Å². The van der Waals surface area contributed by atoms with Crippen LogP contribution in [0.1, 0.15) is 65.0 Å². The zero-order valence-electron chi connectivity index (χ0n) is 21.2. The fourth-order valence-electron chi connectivity index (χ4n) is 8.31. The SMILES string of the molecule is CC1(C)[C@H]2C[C@@H]3SC([C@H](O)c4ccccc4)S[C@H]4C[C@H]5C[C@@H]([C@@H]4COCOC[C@H]3[C@@H]1C2)C5(C)C. The van der Waals surface area contributed by atoms with Gasteiger partial charge in [-0.25, -0.2) is 0 Å². The molecule has 1 N–H and O–H groups in total. The Morgan fingerprint density at radius 2 is 1.29 bits per heavy atom. The van der Waals surface area contributed by atoms with Gasteiger partial charge in [0.05, 0.1) is 23.9 Å². The molecular weight excluding hydrogens is 460 g/mol. The monoisotopic (exact) mass is 502 g/mol. The van der Waals surface area contributed by atoms with Crippen LogP contribution in [0.3, 0.4) is 0 Å². The standard InChI is InChI=1S/C29H42O3S2/c1-28(2)18-10-22(28)20-14-31-16-32-15-21-23-11-19(29(23,3)4)13-25(21)34-27(33-24(20)12-18)26(30)17-8-6-5-7-9-17/h5-9,18-27,30H,10-16H2,1-4H3/t18-,19-,20+,21+,22+,23+,24+,25+,26-/m1/s1. The van der Waals surface area contributed by atoms with Crippen molar-refractivity contribution < 1.29 is 14.6 Å². The number of aliphatic hydroxyl groups is 1. The van der Waals surface area contributed by atoms with Crippen molar-refractivity contribution in [1.82, 2.24) is 0 Å². The maximum absolute atomic E-state index is 11.7. The van der Waals surface area contributed by atoms with Gasteiger partial charge in [-0.15, -0.1) is 23.5 Å². The van der Waals surface area contributed by atoms with Crippen molar-refractivity contribution in [3.05, 3.63) is 35.9 Å². The van der Waals surface area contributed by atoms with Gasteiger partial charge in [-0.2, -0.15) is 0 Å². The smallest absolute Gasteiger partial charge is 0.146 e. The molecule has 1 aliphatic heterocycles. The van der Waals surface area contributed by atoms with Crippen molar-refractivity contribution in [2.24, 2.45) is 46.3 Å². The first-order chi connectivity index (χ1) is 16.3. The van der Waals surface area contributed by atoms with Crippen LogP contribution in [-0.2, 0) is 9.47 Å². The molecule has 4 bridgehead atoms. The van der Waals surface area contributed by atoms with E-state index in [2.05, 4.69) is 75.5 Å². The molecule has 3 nitrogen and oxygen atoms in total. The van der Waals surface area contributed by atoms with E-state index in [0.29, 0.717) is 40.0 Å². The molecule has 0 radical (unpaired) electrons. The number of hydrogen-bond donors (Lipinski definition) is 1. The summed E-state index contributed by atoms with van der Waals surface area (Å²) >= 11 is 4.18. The average Bonchev–Trinajstić information content (AvgIpc) is 2.83. The number of aliphatic hydroxyl groups excluding tert-OH is 1. The van der Waals surface area contributed by atoms with Gasteiger partial charge in [0.1, 0.15) is 6.79 Å². The van der Waals surface area contributed by atoms with Gasteiger partial charge in [-0.1, -0.05) is 58.0 Å². The minimum Gasteiger partial charge on any atom is -0.386 e. The zero-order valence-corrected chi connectivity index (χ0v) is 22.8. The molecule has 34 heavy (non-hydrogen) atoms. The highest BCUT2D eigenvalue weighted by molar-refractivity contribution is 8.17. The van der Waals surface area contributed by atoms with E-state index in [0.717, 1.165) is 42.4 Å². The molecule has 7 aliphatic rings. The quantitative estimate of drug-likeness (QED) is 0.492. The minimum atomic E-state index is -0.445. The van der Waals surface area contributed by atoms with Crippen molar-refractivity contribution in [3.63, 3.8) is 0 Å². The minimum absolute atomic E-state index is 0.156. The lowest BCUT2D eigenvalue weighted by molar-refractivity contribution is -0.158. The number of rotatable bonds is 2. The molecule has 5 heteroatoms. The Balaban J connectivity index is 1.29. The predicted octanol–water partition coefficient (Wildman–Crippen LogP) is 6.62. The van der Waals surface area contributed by atoms with Crippen molar-refractivity contribution in [2.75, 3.05) is 20.0 Å². The number of thioether (sulfide) groups is 2. The Kier molecular flexibility index (Phi) is 6.37. The first kappa shape index (κ1) is 24.2. The second-order valence-electron chi connectivity index (χ2n) is 13.0. The summed E-state index contributed by atoms with van der Waals surface area (Å²) in [7, 11) is 0. The van der Waals surface area contributed by atoms with Crippen LogP contribution in [0, 0.1) is 46.3 Å². The number of ether oxygens (including phenoxy) is 2. The maximum atomic E-state index is 11.7. The molecular formula is C29H42O3S2. The Hall–Kier alpha value is -0.200. The molecule has 188 valence electrons. The number of benzene rings is 1. The summed E-state index contributed by atoms with van der Waals surface area (Å²) in [6.07, 6.45) is 4.77. The predicted molar refractivity (Wildman–Crippen MR) is 142 cm³/mol. The Labute approximate surface area is 214 Å². The summed E-state index contributed by atoms with van der Waals surface area (Å²) in [6.45, 7) is 11.9. The fourth-order valence-corrected chi connectivity index (χ4v) is 12.4. The van der Waals surface area contributed by atoms with E-state index in [4.69, 9.17) is 9.47 Å². The summed E-state index contributed by atoms with van der Waals surface area (Å²) in [5, 5.41) is 12.8. The van der Waals surface area contributed by atoms with E-state index in [1.807, 2.05) is 6.07 Å². The van der Waals surface area contributed by atoms with E-state index >= 15 is 0 Å². The molecule has 1 heterocycles. The lowest BCUT2D eigenvalue weighted by Gasteiger charge is -2.63. The van der Waals surface area contributed by atoms with E-state index in [9.17, 15) is 5.11 Å².